The Balaban J connectivity index is 1.48. The third-order valence-electron chi connectivity index (χ3n) is 18.1. The van der Waals surface area contributed by atoms with Gasteiger partial charge in [-0.2, -0.15) is 0 Å². The van der Waals surface area contributed by atoms with Crippen molar-refractivity contribution in [1.29, 1.82) is 0 Å². The molecule has 0 fully saturated rings. The molecule has 7 rings (SSSR count). The molecule has 516 valence electrons. The SMILES string of the molecule is CCCCCCc1cc2c#cc#cc3cc(CCCCCC)cc(c#cc#cc4cc(CCCCCC)cc(c#cc#cc5cc(CCCCCC)cc(c#cc#cc6cc(CCCCCC)cc(c#cc#cc7cc(CCCCCC)cc(c#cc#cc(c1)c2N)c7N)c6N)c5N)c4N)c3N. The number of anilines is 6. The van der Waals surface area contributed by atoms with Gasteiger partial charge in [0.2, 0.25) is 0 Å². The Morgan fingerprint density at radius 3 is 0.373 bits per heavy atom. The number of hydrogen-bond donors (Lipinski definition) is 6. The Morgan fingerprint density at radius 1 is 0.167 bits per heavy atom. The van der Waals surface area contributed by atoms with E-state index >= 15 is 0 Å². The second-order valence-corrected chi connectivity index (χ2v) is 26.5. The first-order valence-corrected chi connectivity index (χ1v) is 37.5. The molecule has 102 heavy (non-hydrogen) atoms. The van der Waals surface area contributed by atoms with E-state index < -0.39 is 0 Å². The van der Waals surface area contributed by atoms with Gasteiger partial charge in [0.15, 0.2) is 0 Å². The van der Waals surface area contributed by atoms with Gasteiger partial charge >= 0.3 is 0 Å². The minimum absolute atomic E-state index is 0.461. The molecule has 0 aromatic heterocycles. The zero-order chi connectivity index (χ0) is 72.5. The van der Waals surface area contributed by atoms with Crippen LogP contribution >= 0.6 is 0 Å². The molecule has 12 bridgehead atoms. The van der Waals surface area contributed by atoms with Crippen molar-refractivity contribution >= 4 is 98.8 Å². The number of nitrogen functional groups attached to an aromatic ring is 6. The summed E-state index contributed by atoms with van der Waals surface area (Å²) in [7, 11) is 0. The minimum atomic E-state index is 0.461. The van der Waals surface area contributed by atoms with Gasteiger partial charge in [-0.05, 0) is 256 Å². The maximum Gasteiger partial charge on any atom is 0.0633 e. The Hall–Kier alpha value is -11.2. The van der Waals surface area contributed by atoms with Crippen molar-refractivity contribution in [2.24, 2.45) is 0 Å². The van der Waals surface area contributed by atoms with Gasteiger partial charge in [0.25, 0.3) is 0 Å². The summed E-state index contributed by atoms with van der Waals surface area (Å²) in [4.78, 5) is 0. The van der Waals surface area contributed by atoms with Gasteiger partial charge < -0.3 is 34.4 Å². The summed E-state index contributed by atoms with van der Waals surface area (Å²) in [6, 6.07) is 101. The first-order chi connectivity index (χ1) is 49.9. The topological polar surface area (TPSA) is 156 Å². The first kappa shape index (κ1) is 78.2. The highest BCUT2D eigenvalue weighted by Gasteiger charge is 2.08. The van der Waals surface area contributed by atoms with Gasteiger partial charge in [0.1, 0.15) is 0 Å². The number of nitrogens with two attached hydrogens (primary N) is 6. The molecule has 12 N–H and O–H groups in total. The summed E-state index contributed by atoms with van der Waals surface area (Å²) in [6.45, 7) is 13.3. The molecule has 0 aliphatic rings. The monoisotopic (exact) mass is 1340 g/mol. The second kappa shape index (κ2) is 44.1. The van der Waals surface area contributed by atoms with Gasteiger partial charge in [0, 0.05) is 0 Å². The second-order valence-electron chi connectivity index (χ2n) is 26.5. The molecule has 7 aromatic rings. The zero-order valence-electron chi connectivity index (χ0n) is 61.6. The van der Waals surface area contributed by atoms with Crippen LogP contribution < -0.4 is 34.4 Å². The maximum atomic E-state index is 6.93. The fraction of sp³-hybridized carbons (Fsp3) is 0.375. The summed E-state index contributed by atoms with van der Waals surface area (Å²) in [5, 5.41) is 7.78. The van der Waals surface area contributed by atoms with Crippen LogP contribution in [0.5, 0.6) is 0 Å². The van der Waals surface area contributed by atoms with Crippen LogP contribution in [0.2, 0.25) is 0 Å². The van der Waals surface area contributed by atoms with Gasteiger partial charge in [-0.25, -0.2) is 0 Å². The predicted octanol–water partition coefficient (Wildman–Crippen LogP) is 22.5. The standard InChI is InChI=1S/C96H102N6/c1-7-13-19-25-43-73-61-79-49-31-33-51-81-63-74(44-26-20-14-8-2)65-83(92(81)98)53-35-37-55-85-67-76(46-28-22-16-10-4)69-87(94(85)100)57-39-41-59-89-71-78(48-30-24-18-12-6)72-90(96(89)102)60-42-40-58-88-70-77(47-29-23-17-11-5)68-86(95(88)101)56-38-36-54-84-66-75(45-27-21-15-9-3)64-82(93(84)99)52-34-32-50-80(62-73)91(79)97/h61-72H,7-30,43-48,97-102H2,1-6H3. The summed E-state index contributed by atoms with van der Waals surface area (Å²) in [6.07, 6.45) is 31.8. The van der Waals surface area contributed by atoms with Crippen LogP contribution in [-0.4, -0.2) is 0 Å². The average molecular weight is 1340 g/mol. The van der Waals surface area contributed by atoms with E-state index in [0.29, 0.717) is 98.8 Å². The lowest BCUT2D eigenvalue weighted by Crippen LogP contribution is -1.91. The van der Waals surface area contributed by atoms with E-state index in [1.54, 1.807) is 0 Å². The Morgan fingerprint density at radius 2 is 0.275 bits per heavy atom. The highest BCUT2D eigenvalue weighted by atomic mass is 14.6. The van der Waals surface area contributed by atoms with Crippen molar-refractivity contribution in [3.05, 3.63) is 252 Å². The van der Waals surface area contributed by atoms with Crippen LogP contribution in [-0.2, 0) is 38.5 Å². The van der Waals surface area contributed by atoms with Crippen molar-refractivity contribution < 1.29 is 0 Å². The first-order valence-electron chi connectivity index (χ1n) is 37.5. The number of hydrogen-bond acceptors (Lipinski definition) is 6. The number of aryl methyl sites for hydroxylation is 6. The lowest BCUT2D eigenvalue weighted by atomic mass is 10.0. The predicted molar refractivity (Wildman–Crippen MR) is 429 cm³/mol. The van der Waals surface area contributed by atoms with Crippen LogP contribution in [0.15, 0.2) is 72.8 Å². The molecule has 7 aromatic carbocycles. The molecule has 0 heterocycles. The summed E-state index contributed by atoms with van der Waals surface area (Å²) < 4.78 is 0. The molecule has 0 saturated heterocycles. The van der Waals surface area contributed by atoms with Crippen molar-refractivity contribution in [2.45, 2.75) is 234 Å². The molecular weight excluding hydrogens is 1240 g/mol. The van der Waals surface area contributed by atoms with Gasteiger partial charge in [0.05, 0.1) is 98.8 Å². The molecule has 0 aliphatic heterocycles. The lowest BCUT2D eigenvalue weighted by molar-refractivity contribution is 0.667. The smallest absolute Gasteiger partial charge is 0.0633 e. The molecule has 0 amide bonds. The van der Waals surface area contributed by atoms with Crippen LogP contribution in [0.25, 0.3) is 64.6 Å². The number of unbranched alkanes of at least 4 members (excludes halogenated alkanes) is 18. The third-order valence-corrected chi connectivity index (χ3v) is 18.1. The van der Waals surface area contributed by atoms with Gasteiger partial charge in [-0.15, -0.1) is 0 Å². The van der Waals surface area contributed by atoms with E-state index in [2.05, 4.69) is 260 Å². The molecule has 0 spiro atoms. The molecule has 0 radical (unpaired) electrons. The maximum absolute atomic E-state index is 6.93. The van der Waals surface area contributed by atoms with Crippen molar-refractivity contribution in [3.8, 4) is 0 Å². The average Bonchev–Trinajstić information content (AvgIpc) is 0.859. The number of fused-ring (bicyclic) bond motifs is 12. The third kappa shape index (κ3) is 25.9. The largest absolute Gasteiger partial charge is 0.397 e. The molecule has 6 nitrogen and oxygen atoms in total. The van der Waals surface area contributed by atoms with Crippen molar-refractivity contribution in [2.75, 3.05) is 34.4 Å². The van der Waals surface area contributed by atoms with E-state index in [0.717, 1.165) is 226 Å². The van der Waals surface area contributed by atoms with E-state index in [1.807, 2.05) is 0 Å². The van der Waals surface area contributed by atoms with Gasteiger partial charge in [-0.1, -0.05) is 230 Å². The fourth-order valence-electron chi connectivity index (χ4n) is 12.1. The van der Waals surface area contributed by atoms with Crippen LogP contribution in [0.1, 0.15) is 229 Å². The van der Waals surface area contributed by atoms with E-state index in [9.17, 15) is 0 Å². The van der Waals surface area contributed by atoms with Gasteiger partial charge in [-0.3, -0.25) is 0 Å². The summed E-state index contributed by atoms with van der Waals surface area (Å²) in [5.74, 6) is 0. The van der Waals surface area contributed by atoms with Crippen molar-refractivity contribution in [3.63, 3.8) is 0 Å². The highest BCUT2D eigenvalue weighted by molar-refractivity contribution is 5.92. The molecule has 0 atom stereocenters. The normalized spacial score (nSPS) is 9.94. The highest BCUT2D eigenvalue weighted by Crippen LogP contribution is 2.27. The Bertz CT molecular complexity index is 3430. The molecule has 6 heteroatoms. The zero-order valence-corrected chi connectivity index (χ0v) is 61.6. The molecular formula is C96H102N6. The number of benzene rings is 6. The molecule has 0 aliphatic carbocycles. The summed E-state index contributed by atoms with van der Waals surface area (Å²) in [5.41, 5.74) is 50.9. The summed E-state index contributed by atoms with van der Waals surface area (Å²) >= 11 is 0. The molecule has 0 unspecified atom stereocenters. The van der Waals surface area contributed by atoms with E-state index in [4.69, 9.17) is 34.4 Å². The molecule has 0 saturated carbocycles. The lowest BCUT2D eigenvalue weighted by Gasteiger charge is -2.04. The Kier molecular flexibility index (Phi) is 33.8. The number of rotatable bonds is 30. The fourth-order valence-corrected chi connectivity index (χ4v) is 12.1. The quantitative estimate of drug-likeness (QED) is 0.0195. The van der Waals surface area contributed by atoms with E-state index in [1.165, 1.54) is 0 Å². The van der Waals surface area contributed by atoms with E-state index in [-0.39, 0.29) is 0 Å². The van der Waals surface area contributed by atoms with Crippen LogP contribution in [0.4, 0.5) is 34.1 Å². The Labute approximate surface area is 615 Å². The minimum Gasteiger partial charge on any atom is -0.397 e. The van der Waals surface area contributed by atoms with Crippen molar-refractivity contribution in [1.82, 2.24) is 0 Å². The van der Waals surface area contributed by atoms with Crippen LogP contribution in [0.3, 0.4) is 0 Å². The van der Waals surface area contributed by atoms with Crippen LogP contribution in [0, 0.1) is 146 Å².